The molecule has 0 radical (unpaired) electrons. The van der Waals surface area contributed by atoms with Crippen LogP contribution in [-0.4, -0.2) is 15.0 Å². The summed E-state index contributed by atoms with van der Waals surface area (Å²) in [6.07, 6.45) is 0. The van der Waals surface area contributed by atoms with Gasteiger partial charge in [0.05, 0.1) is 0 Å². The van der Waals surface area contributed by atoms with Crippen molar-refractivity contribution in [1.82, 2.24) is 15.0 Å². The van der Waals surface area contributed by atoms with Crippen LogP contribution in [0.4, 0.5) is 34.1 Å². The third kappa shape index (κ3) is 7.87. The molecule has 3 N–H and O–H groups in total. The Balaban J connectivity index is 0.892. The zero-order chi connectivity index (χ0) is 59.0. The molecule has 3 atom stereocenters. The number of hydrogen-bond donors (Lipinski definition) is 3. The minimum atomic E-state index is -0.198. The van der Waals surface area contributed by atoms with Crippen LogP contribution in [0.25, 0.3) is 98.8 Å². The molecule has 0 saturated carbocycles. The first-order chi connectivity index (χ1) is 44.6. The summed E-state index contributed by atoms with van der Waals surface area (Å²) in [5.74, 6) is 1.18. The minimum absolute atomic E-state index is 0.198. The number of rotatable bonds is 6. The highest BCUT2D eigenvalue weighted by atomic mass is 15.0. The summed E-state index contributed by atoms with van der Waals surface area (Å²) in [6.45, 7) is 0. The van der Waals surface area contributed by atoms with Gasteiger partial charge >= 0.3 is 0 Å². The molecule has 90 heavy (non-hydrogen) atoms. The lowest BCUT2D eigenvalue weighted by atomic mass is 9.76. The van der Waals surface area contributed by atoms with Gasteiger partial charge in [-0.05, 0) is 188 Å². The molecule has 3 aliphatic rings. The molecule has 1 aromatic heterocycles. The van der Waals surface area contributed by atoms with E-state index in [1.54, 1.807) is 0 Å². The van der Waals surface area contributed by atoms with E-state index in [0.717, 1.165) is 67.5 Å². The monoisotopic (exact) mass is 1150 g/mol. The third-order valence-electron chi connectivity index (χ3n) is 19.4. The number of fused-ring (bicyclic) bond motifs is 12. The number of para-hydroxylation sites is 3. The fourth-order valence-corrected chi connectivity index (χ4v) is 15.5. The number of hydrogen-bond acceptors (Lipinski definition) is 6. The highest BCUT2D eigenvalue weighted by molar-refractivity contribution is 6.04. The quantitative estimate of drug-likeness (QED) is 0.144. The van der Waals surface area contributed by atoms with E-state index in [4.69, 9.17) is 15.0 Å². The van der Waals surface area contributed by atoms with Crippen LogP contribution in [0.5, 0.6) is 0 Å². The van der Waals surface area contributed by atoms with E-state index in [9.17, 15) is 0 Å². The Morgan fingerprint density at radius 2 is 0.433 bits per heavy atom. The van der Waals surface area contributed by atoms with Crippen molar-refractivity contribution in [2.75, 3.05) is 16.0 Å². The summed E-state index contributed by atoms with van der Waals surface area (Å²) in [4.78, 5) is 17.7. The molecule has 0 aliphatic carbocycles. The molecule has 19 rings (SSSR count). The first-order valence-corrected chi connectivity index (χ1v) is 31.1. The highest BCUT2D eigenvalue weighted by Crippen LogP contribution is 2.55. The summed E-state index contributed by atoms with van der Waals surface area (Å²) in [5, 5.41) is 26.3. The van der Waals surface area contributed by atoms with Crippen LogP contribution in [0.15, 0.2) is 291 Å². The van der Waals surface area contributed by atoms with Crippen molar-refractivity contribution in [2.45, 2.75) is 17.8 Å². The smallest absolute Gasteiger partial charge is 0.164 e. The molecule has 420 valence electrons. The van der Waals surface area contributed by atoms with Crippen molar-refractivity contribution in [3.05, 3.63) is 341 Å². The summed E-state index contributed by atoms with van der Waals surface area (Å²) < 4.78 is 0. The van der Waals surface area contributed by atoms with Crippen LogP contribution in [0.2, 0.25) is 0 Å². The molecule has 6 heteroatoms. The van der Waals surface area contributed by atoms with Crippen molar-refractivity contribution in [1.29, 1.82) is 0 Å². The first-order valence-electron chi connectivity index (χ1n) is 31.1. The van der Waals surface area contributed by atoms with Gasteiger partial charge in [-0.1, -0.05) is 218 Å². The standard InChI is InChI=1S/C84H54N6/c1-4-22-52-46-67-55(43-49(52)19-1)25-13-31-58(67)76-61-28-7-10-37-70(61)85-73-40-16-34-64(79(73)76)82-88-83(65-35-17-41-74-80(65)77(62-29-8-11-38-71(62)86-74)59-32-14-26-56-44-50-20-2-5-23-53(50)47-68(56)59)90-84(89-82)66-36-18-42-75-81(66)78(63-30-9-12-39-72(63)87-75)60-33-15-27-57-45-51-21-3-6-24-54(51)48-69(57)60/h1-48,76-78,85-87H. The molecular weight excluding hydrogens is 1090 g/mol. The Labute approximate surface area is 519 Å². The van der Waals surface area contributed by atoms with E-state index in [1.807, 2.05) is 0 Å². The van der Waals surface area contributed by atoms with Crippen LogP contribution in [-0.2, 0) is 0 Å². The Hall–Kier alpha value is -11.7. The predicted molar refractivity (Wildman–Crippen MR) is 373 cm³/mol. The average molecular weight is 1150 g/mol. The maximum Gasteiger partial charge on any atom is 0.164 e. The Kier molecular flexibility index (Phi) is 11.2. The third-order valence-corrected chi connectivity index (χ3v) is 19.4. The molecular formula is C84H54N6. The van der Waals surface area contributed by atoms with E-state index < -0.39 is 0 Å². The molecule has 15 aromatic carbocycles. The molecule has 16 aromatic rings. The summed E-state index contributed by atoms with van der Waals surface area (Å²) in [7, 11) is 0. The summed E-state index contributed by atoms with van der Waals surface area (Å²) in [6, 6.07) is 107. The molecule has 0 fully saturated rings. The second-order valence-electron chi connectivity index (χ2n) is 24.3. The highest BCUT2D eigenvalue weighted by Gasteiger charge is 2.37. The zero-order valence-electron chi connectivity index (χ0n) is 48.8. The number of anilines is 6. The van der Waals surface area contributed by atoms with Gasteiger partial charge in [-0.25, -0.2) is 15.0 Å². The Morgan fingerprint density at radius 1 is 0.200 bits per heavy atom. The molecule has 0 saturated heterocycles. The van der Waals surface area contributed by atoms with E-state index >= 15 is 0 Å². The van der Waals surface area contributed by atoms with Crippen molar-refractivity contribution in [3.8, 4) is 34.2 Å². The van der Waals surface area contributed by atoms with E-state index in [2.05, 4.69) is 307 Å². The lowest BCUT2D eigenvalue weighted by Gasteiger charge is -2.33. The van der Waals surface area contributed by atoms with E-state index in [0.29, 0.717) is 17.5 Å². The van der Waals surface area contributed by atoms with Crippen molar-refractivity contribution in [3.63, 3.8) is 0 Å². The second kappa shape index (κ2) is 19.9. The number of nitrogens with one attached hydrogen (secondary N) is 3. The predicted octanol–water partition coefficient (Wildman–Crippen LogP) is 21.5. The largest absolute Gasteiger partial charge is 0.355 e. The molecule has 0 amide bonds. The van der Waals surface area contributed by atoms with Gasteiger partial charge in [-0.2, -0.15) is 0 Å². The zero-order valence-corrected chi connectivity index (χ0v) is 48.8. The van der Waals surface area contributed by atoms with Gasteiger partial charge in [-0.3, -0.25) is 0 Å². The maximum absolute atomic E-state index is 5.89. The summed E-state index contributed by atoms with van der Waals surface area (Å²) in [5.41, 5.74) is 19.6. The van der Waals surface area contributed by atoms with Gasteiger partial charge in [0.15, 0.2) is 17.5 Å². The Bertz CT molecular complexity index is 5140. The van der Waals surface area contributed by atoms with Gasteiger partial charge in [0.2, 0.25) is 0 Å². The lowest BCUT2D eigenvalue weighted by Crippen LogP contribution is -2.18. The van der Waals surface area contributed by atoms with E-state index in [-0.39, 0.29) is 17.8 Å². The van der Waals surface area contributed by atoms with Gasteiger partial charge < -0.3 is 16.0 Å². The Morgan fingerprint density at radius 3 is 0.744 bits per heavy atom. The van der Waals surface area contributed by atoms with Crippen LogP contribution in [0.3, 0.4) is 0 Å². The van der Waals surface area contributed by atoms with Crippen LogP contribution in [0.1, 0.15) is 67.8 Å². The topological polar surface area (TPSA) is 74.8 Å². The molecule has 4 heterocycles. The van der Waals surface area contributed by atoms with Gasteiger partial charge in [0.25, 0.3) is 0 Å². The number of benzene rings is 15. The van der Waals surface area contributed by atoms with E-state index in [1.165, 1.54) is 98.0 Å². The van der Waals surface area contributed by atoms with Gasteiger partial charge in [0, 0.05) is 68.6 Å². The van der Waals surface area contributed by atoms with Crippen molar-refractivity contribution >= 4 is 98.8 Å². The molecule has 0 spiro atoms. The van der Waals surface area contributed by atoms with Crippen LogP contribution < -0.4 is 16.0 Å². The molecule has 6 nitrogen and oxygen atoms in total. The fraction of sp³-hybridized carbons (Fsp3) is 0.0357. The van der Waals surface area contributed by atoms with Crippen LogP contribution >= 0.6 is 0 Å². The molecule has 3 unspecified atom stereocenters. The van der Waals surface area contributed by atoms with Crippen LogP contribution in [0, 0.1) is 0 Å². The van der Waals surface area contributed by atoms with Crippen molar-refractivity contribution < 1.29 is 0 Å². The van der Waals surface area contributed by atoms with Crippen molar-refractivity contribution in [2.24, 2.45) is 0 Å². The average Bonchev–Trinajstić information content (AvgIpc) is 2.52. The second-order valence-corrected chi connectivity index (χ2v) is 24.3. The maximum atomic E-state index is 5.89. The van der Waals surface area contributed by atoms with Gasteiger partial charge in [-0.15, -0.1) is 0 Å². The van der Waals surface area contributed by atoms with Gasteiger partial charge in [0.1, 0.15) is 0 Å². The lowest BCUT2D eigenvalue weighted by molar-refractivity contribution is 0.953. The fourth-order valence-electron chi connectivity index (χ4n) is 15.5. The SMILES string of the molecule is c1ccc2c(c1)Nc1cccc(-c3nc(-c4cccc5c4C(c4cccc6cc7ccccc7cc46)c4ccccc4N5)nc(-c4cccc5c4C(c4cccc6cc7ccccc7cc46)c4ccccc4N5)n3)c1C2c1cccc2cc3ccccc3cc12. The molecule has 3 aliphatic heterocycles. The number of nitrogens with zero attached hydrogens (tertiary/aromatic N) is 3. The first kappa shape index (κ1) is 50.4. The normalized spacial score (nSPS) is 15.3. The molecule has 0 bridgehead atoms. The minimum Gasteiger partial charge on any atom is -0.355 e. The summed E-state index contributed by atoms with van der Waals surface area (Å²) >= 11 is 0. The number of aromatic nitrogens is 3.